The first kappa shape index (κ1) is 20.6. The number of nitrogens with one attached hydrogen (secondary N) is 1. The van der Waals surface area contributed by atoms with Crippen molar-refractivity contribution < 1.29 is 26.7 Å². The molecule has 0 aliphatic heterocycles. The molecule has 1 heterocycles. The van der Waals surface area contributed by atoms with Crippen LogP contribution >= 0.6 is 11.8 Å². The number of aromatic nitrogens is 1. The highest BCUT2D eigenvalue weighted by molar-refractivity contribution is 8.00. The predicted octanol–water partition coefficient (Wildman–Crippen LogP) is 4.68. The molecule has 0 fully saturated rings. The summed E-state index contributed by atoms with van der Waals surface area (Å²) in [5, 5.41) is 9.97. The number of thioether (sulfide) groups is 1. The number of carbonyl (C=O) groups is 1. The molecule has 1 aromatic carbocycles. The number of nitrogens with zero attached hydrogens (tertiary/aromatic N) is 2. The summed E-state index contributed by atoms with van der Waals surface area (Å²) >= 11 is 0.615. The largest absolute Gasteiger partial charge is 0.417 e. The molecule has 0 saturated heterocycles. The quantitative estimate of drug-likeness (QED) is 0.597. The van der Waals surface area contributed by atoms with Crippen molar-refractivity contribution in [2.45, 2.75) is 30.3 Å². The first-order valence-electron chi connectivity index (χ1n) is 7.44. The van der Waals surface area contributed by atoms with E-state index in [1.165, 1.54) is 19.9 Å². The lowest BCUT2D eigenvalue weighted by molar-refractivity contribution is -0.138. The van der Waals surface area contributed by atoms with E-state index in [9.17, 15) is 26.7 Å². The molecule has 1 atom stereocenters. The van der Waals surface area contributed by atoms with Gasteiger partial charge in [-0.2, -0.15) is 18.4 Å². The first-order chi connectivity index (χ1) is 12.5. The molecule has 27 heavy (non-hydrogen) atoms. The number of aryl methyl sites for hydroxylation is 1. The number of hydrogen-bond acceptors (Lipinski definition) is 4. The van der Waals surface area contributed by atoms with E-state index in [4.69, 9.17) is 5.26 Å². The smallest absolute Gasteiger partial charge is 0.323 e. The highest BCUT2D eigenvalue weighted by Gasteiger charge is 2.36. The van der Waals surface area contributed by atoms with Crippen LogP contribution in [-0.4, -0.2) is 16.1 Å². The monoisotopic (exact) mass is 401 g/mol. The summed E-state index contributed by atoms with van der Waals surface area (Å²) in [6.45, 7) is 2.67. The number of halogens is 5. The van der Waals surface area contributed by atoms with E-state index in [1.54, 1.807) is 0 Å². The van der Waals surface area contributed by atoms with Crippen LogP contribution in [0.1, 0.15) is 23.7 Å². The summed E-state index contributed by atoms with van der Waals surface area (Å²) in [5.41, 5.74) is -2.23. The van der Waals surface area contributed by atoms with Crippen molar-refractivity contribution in [2.75, 3.05) is 5.32 Å². The van der Waals surface area contributed by atoms with Gasteiger partial charge in [0.25, 0.3) is 0 Å². The van der Waals surface area contributed by atoms with Crippen molar-refractivity contribution in [1.29, 1.82) is 5.26 Å². The number of nitriles is 1. The average molecular weight is 401 g/mol. The first-order valence-corrected chi connectivity index (χ1v) is 8.32. The van der Waals surface area contributed by atoms with E-state index < -0.39 is 45.8 Å². The van der Waals surface area contributed by atoms with Gasteiger partial charge in [0.2, 0.25) is 5.91 Å². The van der Waals surface area contributed by atoms with Crippen LogP contribution in [0.2, 0.25) is 0 Å². The normalized spacial score (nSPS) is 12.4. The minimum Gasteiger partial charge on any atom is -0.323 e. The molecule has 0 radical (unpaired) electrons. The fraction of sp³-hybridized carbons (Fsp3) is 0.235. The average Bonchev–Trinajstić information content (AvgIpc) is 2.56. The van der Waals surface area contributed by atoms with Crippen molar-refractivity contribution >= 4 is 23.4 Å². The number of amides is 1. The Balaban J connectivity index is 2.28. The van der Waals surface area contributed by atoms with Crippen molar-refractivity contribution in [2.24, 2.45) is 0 Å². The van der Waals surface area contributed by atoms with Gasteiger partial charge in [-0.3, -0.25) is 4.79 Å². The SMILES string of the molecule is Cc1cc(C(F)(F)F)c(C#N)c(SC(C)C(=O)Nc2cc(F)ccc2F)n1. The van der Waals surface area contributed by atoms with Crippen LogP contribution in [0, 0.1) is 29.9 Å². The van der Waals surface area contributed by atoms with Crippen LogP contribution in [0.4, 0.5) is 27.6 Å². The van der Waals surface area contributed by atoms with E-state index in [0.29, 0.717) is 11.8 Å². The Morgan fingerprint density at radius 3 is 2.56 bits per heavy atom. The number of pyridine rings is 1. The molecular weight excluding hydrogens is 389 g/mol. The third kappa shape index (κ3) is 4.95. The second kappa shape index (κ2) is 7.92. The Morgan fingerprint density at radius 1 is 1.30 bits per heavy atom. The fourth-order valence-corrected chi connectivity index (χ4v) is 3.08. The number of benzene rings is 1. The highest BCUT2D eigenvalue weighted by atomic mass is 32.2. The van der Waals surface area contributed by atoms with Crippen LogP contribution in [0.3, 0.4) is 0 Å². The van der Waals surface area contributed by atoms with Crippen LogP contribution in [0.25, 0.3) is 0 Å². The molecule has 1 amide bonds. The number of carbonyl (C=O) groups excluding carboxylic acids is 1. The zero-order chi connectivity index (χ0) is 20.4. The third-order valence-electron chi connectivity index (χ3n) is 3.38. The Labute approximate surface area is 155 Å². The van der Waals surface area contributed by atoms with Crippen LogP contribution in [-0.2, 0) is 11.0 Å². The lowest BCUT2D eigenvalue weighted by Gasteiger charge is -2.16. The minimum atomic E-state index is -4.76. The van der Waals surface area contributed by atoms with Gasteiger partial charge in [0.05, 0.1) is 22.1 Å². The molecule has 2 rings (SSSR count). The van der Waals surface area contributed by atoms with Gasteiger partial charge in [0.15, 0.2) is 0 Å². The molecule has 0 aliphatic rings. The van der Waals surface area contributed by atoms with Gasteiger partial charge in [0, 0.05) is 11.8 Å². The topological polar surface area (TPSA) is 65.8 Å². The summed E-state index contributed by atoms with van der Waals surface area (Å²) < 4.78 is 66.1. The number of rotatable bonds is 4. The maximum Gasteiger partial charge on any atom is 0.417 e. The summed E-state index contributed by atoms with van der Waals surface area (Å²) in [6.07, 6.45) is -4.76. The second-order valence-electron chi connectivity index (χ2n) is 5.47. The molecule has 1 aromatic heterocycles. The Bertz CT molecular complexity index is 924. The summed E-state index contributed by atoms with van der Waals surface area (Å²) in [6, 6.07) is 4.69. The number of alkyl halides is 3. The Hall–Kier alpha value is -2.67. The van der Waals surface area contributed by atoms with E-state index in [1.807, 2.05) is 0 Å². The zero-order valence-corrected chi connectivity index (χ0v) is 14.8. The Kier molecular flexibility index (Phi) is 6.05. The van der Waals surface area contributed by atoms with E-state index in [0.717, 1.165) is 24.3 Å². The van der Waals surface area contributed by atoms with Crippen LogP contribution < -0.4 is 5.32 Å². The lowest BCUT2D eigenvalue weighted by Crippen LogP contribution is -2.23. The van der Waals surface area contributed by atoms with Crippen molar-refractivity contribution in [3.8, 4) is 6.07 Å². The molecule has 4 nitrogen and oxygen atoms in total. The second-order valence-corrected chi connectivity index (χ2v) is 6.80. The lowest BCUT2D eigenvalue weighted by atomic mass is 10.1. The Morgan fingerprint density at radius 2 is 1.96 bits per heavy atom. The molecule has 0 spiro atoms. The van der Waals surface area contributed by atoms with Crippen molar-refractivity contribution in [3.63, 3.8) is 0 Å². The summed E-state index contributed by atoms with van der Waals surface area (Å²) in [5.74, 6) is -2.42. The maximum absolute atomic E-state index is 13.6. The van der Waals surface area contributed by atoms with Crippen LogP contribution in [0.5, 0.6) is 0 Å². The van der Waals surface area contributed by atoms with E-state index in [-0.39, 0.29) is 10.7 Å². The molecule has 0 saturated carbocycles. The van der Waals surface area contributed by atoms with Crippen molar-refractivity contribution in [1.82, 2.24) is 4.98 Å². The molecule has 1 unspecified atom stereocenters. The van der Waals surface area contributed by atoms with Gasteiger partial charge >= 0.3 is 6.18 Å². The predicted molar refractivity (Wildman–Crippen MR) is 89.0 cm³/mol. The molecule has 2 aromatic rings. The maximum atomic E-state index is 13.6. The van der Waals surface area contributed by atoms with Gasteiger partial charge in [-0.05, 0) is 32.0 Å². The molecule has 0 bridgehead atoms. The molecular formula is C17H12F5N3OS. The molecule has 1 N–H and O–H groups in total. The fourth-order valence-electron chi connectivity index (χ4n) is 2.11. The van der Waals surface area contributed by atoms with Gasteiger partial charge in [-0.15, -0.1) is 0 Å². The van der Waals surface area contributed by atoms with E-state index in [2.05, 4.69) is 10.3 Å². The van der Waals surface area contributed by atoms with Gasteiger partial charge in [-0.1, -0.05) is 11.8 Å². The van der Waals surface area contributed by atoms with E-state index >= 15 is 0 Å². The van der Waals surface area contributed by atoms with Crippen LogP contribution in [0.15, 0.2) is 29.3 Å². The third-order valence-corrected chi connectivity index (χ3v) is 4.46. The molecule has 142 valence electrons. The number of anilines is 1. The number of hydrogen-bond donors (Lipinski definition) is 1. The highest BCUT2D eigenvalue weighted by Crippen LogP contribution is 2.37. The van der Waals surface area contributed by atoms with Gasteiger partial charge < -0.3 is 5.32 Å². The molecule has 0 aliphatic carbocycles. The zero-order valence-electron chi connectivity index (χ0n) is 14.0. The standard InChI is InChI=1S/C17H12F5N3OS/c1-8-5-12(17(20,21)22)11(7-23)16(24-8)27-9(2)15(26)25-14-6-10(18)3-4-13(14)19/h3-6,9H,1-2H3,(H,25,26). The van der Waals surface area contributed by atoms with Gasteiger partial charge in [-0.25, -0.2) is 13.8 Å². The summed E-state index contributed by atoms with van der Waals surface area (Å²) in [7, 11) is 0. The summed E-state index contributed by atoms with van der Waals surface area (Å²) in [4.78, 5) is 16.1. The van der Waals surface area contributed by atoms with Gasteiger partial charge in [0.1, 0.15) is 22.7 Å². The molecule has 10 heteroatoms. The van der Waals surface area contributed by atoms with Crippen molar-refractivity contribution in [3.05, 3.63) is 52.7 Å². The minimum absolute atomic E-state index is 0.0209.